The smallest absolute Gasteiger partial charge is 0.462 e. The second-order valence-corrected chi connectivity index (χ2v) is 4.06. The summed E-state index contributed by atoms with van der Waals surface area (Å²) in [5.41, 5.74) is 0.499. The fraction of sp³-hybridized carbons (Fsp3) is 0.417. The van der Waals surface area contributed by atoms with E-state index in [-0.39, 0.29) is 23.7 Å². The van der Waals surface area contributed by atoms with Crippen LogP contribution < -0.4 is 14.9 Å². The quantitative estimate of drug-likeness (QED) is 0.359. The van der Waals surface area contributed by atoms with Crippen LogP contribution in [0.4, 0.5) is 5.95 Å². The van der Waals surface area contributed by atoms with Gasteiger partial charge in [0.1, 0.15) is 0 Å². The fourth-order valence-corrected chi connectivity index (χ4v) is 1.63. The number of ether oxygens (including phenoxy) is 1. The zero-order chi connectivity index (χ0) is 13.7. The van der Waals surface area contributed by atoms with E-state index in [1.54, 1.807) is 24.3 Å². The van der Waals surface area contributed by atoms with Crippen LogP contribution in [0.15, 0.2) is 24.3 Å². The number of benzene rings is 1. The van der Waals surface area contributed by atoms with Gasteiger partial charge in [-0.15, -0.1) is 0 Å². The molecule has 7 nitrogen and oxygen atoms in total. The van der Waals surface area contributed by atoms with E-state index in [9.17, 15) is 10.4 Å². The van der Waals surface area contributed by atoms with Crippen molar-refractivity contribution in [2.75, 3.05) is 18.7 Å². The number of nitrogens with one attached hydrogen (secondary N) is 1. The maximum Gasteiger partial charge on any atom is 0.462 e. The van der Waals surface area contributed by atoms with Gasteiger partial charge in [-0.05, 0) is 12.5 Å². The third kappa shape index (κ3) is 3.00. The molecule has 0 atom stereocenters. The number of anilines is 1. The van der Waals surface area contributed by atoms with Gasteiger partial charge in [0.2, 0.25) is 5.10 Å². The summed E-state index contributed by atoms with van der Waals surface area (Å²) >= 11 is 0. The summed E-state index contributed by atoms with van der Waals surface area (Å²) in [6.45, 7) is 2.81. The molecule has 0 saturated carbocycles. The van der Waals surface area contributed by atoms with Gasteiger partial charge in [-0.2, -0.15) is 0 Å². The molecule has 1 heterocycles. The SMILES string of the molecule is CCCCOCNc1n[n+]([O-])c2ccccc2[n+]1[O-]. The normalized spacial score (nSPS) is 10.8. The summed E-state index contributed by atoms with van der Waals surface area (Å²) in [6.07, 6.45) is 1.99. The minimum Gasteiger partial charge on any atom is -0.739 e. The standard InChI is InChI=1S/C12H16N4O3/c1-2-3-8-19-9-13-12-14-16(18)11-7-5-4-6-10(11)15(12)17/h4-7H,2-3,8-9H2,1H3,(H,13,14). The Bertz CT molecular complexity index is 562. The topological polar surface area (TPSA) is 88.0 Å². The van der Waals surface area contributed by atoms with Gasteiger partial charge in [-0.1, -0.05) is 25.5 Å². The van der Waals surface area contributed by atoms with Crippen molar-refractivity contribution in [1.29, 1.82) is 0 Å². The van der Waals surface area contributed by atoms with Crippen LogP contribution in [0.5, 0.6) is 0 Å². The van der Waals surface area contributed by atoms with Crippen molar-refractivity contribution in [3.05, 3.63) is 34.7 Å². The van der Waals surface area contributed by atoms with Crippen molar-refractivity contribution in [2.24, 2.45) is 0 Å². The van der Waals surface area contributed by atoms with E-state index in [4.69, 9.17) is 4.74 Å². The fourth-order valence-electron chi connectivity index (χ4n) is 1.63. The first-order valence-electron chi connectivity index (χ1n) is 6.17. The lowest BCUT2D eigenvalue weighted by Crippen LogP contribution is -2.44. The van der Waals surface area contributed by atoms with E-state index >= 15 is 0 Å². The Hall–Kier alpha value is -2.15. The largest absolute Gasteiger partial charge is 0.739 e. The number of fused-ring (bicyclic) bond motifs is 1. The Morgan fingerprint density at radius 2 is 2.00 bits per heavy atom. The Morgan fingerprint density at radius 3 is 2.74 bits per heavy atom. The molecule has 0 aliphatic rings. The molecule has 7 heteroatoms. The highest BCUT2D eigenvalue weighted by molar-refractivity contribution is 5.67. The van der Waals surface area contributed by atoms with Gasteiger partial charge in [0.25, 0.3) is 5.52 Å². The minimum atomic E-state index is -0.0646. The molecule has 2 aromatic rings. The summed E-state index contributed by atoms with van der Waals surface area (Å²) in [4.78, 5) is 0.429. The van der Waals surface area contributed by atoms with Crippen molar-refractivity contribution in [3.8, 4) is 0 Å². The van der Waals surface area contributed by atoms with E-state index in [0.717, 1.165) is 12.8 Å². The summed E-state index contributed by atoms with van der Waals surface area (Å²) in [5.74, 6) is -0.0646. The lowest BCUT2D eigenvalue weighted by molar-refractivity contribution is -0.672. The molecule has 0 amide bonds. The molecule has 0 aliphatic heterocycles. The molecule has 0 unspecified atom stereocenters. The van der Waals surface area contributed by atoms with Crippen LogP contribution in [-0.4, -0.2) is 18.4 Å². The zero-order valence-electron chi connectivity index (χ0n) is 10.7. The Morgan fingerprint density at radius 1 is 1.26 bits per heavy atom. The molecule has 2 rings (SSSR count). The van der Waals surface area contributed by atoms with E-state index in [1.165, 1.54) is 0 Å². The van der Waals surface area contributed by atoms with E-state index in [2.05, 4.69) is 17.3 Å². The number of aromatic nitrogens is 3. The highest BCUT2D eigenvalue weighted by Gasteiger charge is 2.18. The average molecular weight is 264 g/mol. The van der Waals surface area contributed by atoms with Crippen molar-refractivity contribution >= 4 is 17.0 Å². The summed E-state index contributed by atoms with van der Waals surface area (Å²) < 4.78 is 5.86. The molecule has 19 heavy (non-hydrogen) atoms. The summed E-state index contributed by atoms with van der Waals surface area (Å²) in [6, 6.07) is 6.49. The van der Waals surface area contributed by atoms with Gasteiger partial charge in [0.15, 0.2) is 12.2 Å². The number of hydrogen-bond acceptors (Lipinski definition) is 5. The van der Waals surface area contributed by atoms with E-state index in [1.807, 2.05) is 0 Å². The lowest BCUT2D eigenvalue weighted by Gasteiger charge is -2.09. The predicted octanol–water partition coefficient (Wildman–Crippen LogP) is 0.688. The highest BCUT2D eigenvalue weighted by atomic mass is 16.5. The van der Waals surface area contributed by atoms with Gasteiger partial charge in [0.05, 0.1) is 6.61 Å². The van der Waals surface area contributed by atoms with Crippen LogP contribution in [0.2, 0.25) is 0 Å². The molecular weight excluding hydrogens is 248 g/mol. The molecule has 0 aliphatic carbocycles. The first-order valence-corrected chi connectivity index (χ1v) is 6.17. The summed E-state index contributed by atoms with van der Waals surface area (Å²) in [5, 5.41) is 30.0. The molecule has 0 bridgehead atoms. The van der Waals surface area contributed by atoms with Crippen molar-refractivity contribution < 1.29 is 14.3 Å². The number of unbranched alkanes of at least 4 members (excludes halogenated alkanes) is 1. The Balaban J connectivity index is 2.13. The van der Waals surface area contributed by atoms with Gasteiger partial charge in [-0.3, -0.25) is 0 Å². The Kier molecular flexibility index (Phi) is 4.30. The van der Waals surface area contributed by atoms with Crippen molar-refractivity contribution in [2.45, 2.75) is 19.8 Å². The number of rotatable bonds is 6. The lowest BCUT2D eigenvalue weighted by atomic mass is 10.3. The number of nitrogens with zero attached hydrogens (tertiary/aromatic N) is 3. The van der Waals surface area contributed by atoms with Gasteiger partial charge < -0.3 is 15.2 Å². The monoisotopic (exact) mass is 264 g/mol. The molecule has 102 valence electrons. The Labute approximate surface area is 110 Å². The molecule has 0 saturated heterocycles. The van der Waals surface area contributed by atoms with E-state index in [0.29, 0.717) is 16.2 Å². The first kappa shape index (κ1) is 13.3. The van der Waals surface area contributed by atoms with Crippen molar-refractivity contribution in [1.82, 2.24) is 5.10 Å². The van der Waals surface area contributed by atoms with Gasteiger partial charge >= 0.3 is 5.95 Å². The first-order chi connectivity index (χ1) is 9.24. The van der Waals surface area contributed by atoms with Crippen LogP contribution in [0.25, 0.3) is 11.0 Å². The van der Waals surface area contributed by atoms with E-state index < -0.39 is 0 Å². The molecule has 1 N–H and O–H groups in total. The van der Waals surface area contributed by atoms with Gasteiger partial charge in [-0.25, -0.2) is 10.0 Å². The maximum atomic E-state index is 12.0. The highest BCUT2D eigenvalue weighted by Crippen LogP contribution is 2.05. The predicted molar refractivity (Wildman–Crippen MR) is 69.0 cm³/mol. The van der Waals surface area contributed by atoms with Crippen LogP contribution in [0, 0.1) is 10.4 Å². The maximum absolute atomic E-state index is 12.0. The minimum absolute atomic E-state index is 0.0646. The van der Waals surface area contributed by atoms with Crippen LogP contribution in [0.1, 0.15) is 19.8 Å². The second-order valence-electron chi connectivity index (χ2n) is 4.06. The zero-order valence-corrected chi connectivity index (χ0v) is 10.7. The second kappa shape index (κ2) is 6.14. The molecule has 1 aromatic carbocycles. The molecular formula is C12H16N4O3. The third-order valence-corrected chi connectivity index (χ3v) is 2.66. The molecule has 0 radical (unpaired) electrons. The van der Waals surface area contributed by atoms with Crippen LogP contribution in [0.3, 0.4) is 0 Å². The molecule has 0 fully saturated rings. The van der Waals surface area contributed by atoms with Crippen molar-refractivity contribution in [3.63, 3.8) is 0 Å². The van der Waals surface area contributed by atoms with Crippen LogP contribution in [-0.2, 0) is 4.74 Å². The van der Waals surface area contributed by atoms with Crippen LogP contribution >= 0.6 is 0 Å². The summed E-state index contributed by atoms with van der Waals surface area (Å²) in [7, 11) is 0. The number of para-hydroxylation sites is 2. The average Bonchev–Trinajstić information content (AvgIpc) is 2.44. The number of hydrogen-bond donors (Lipinski definition) is 1. The molecule has 0 spiro atoms. The third-order valence-electron chi connectivity index (χ3n) is 2.66. The molecule has 1 aromatic heterocycles. The van der Waals surface area contributed by atoms with Gasteiger partial charge in [0, 0.05) is 10.9 Å².